The number of hydrogen-bond donors (Lipinski definition) is 0. The fraction of sp³-hybridized carbons (Fsp3) is 0.435. The third-order valence-corrected chi connectivity index (χ3v) is 5.80. The van der Waals surface area contributed by atoms with Gasteiger partial charge in [0.25, 0.3) is 5.56 Å². The monoisotopic (exact) mass is 470 g/mol. The number of carbonyl (C=O) groups is 2. The Kier molecular flexibility index (Phi) is 6.38. The summed E-state index contributed by atoms with van der Waals surface area (Å²) >= 11 is 0. The Balaban J connectivity index is 1.77. The maximum Gasteiger partial charge on any atom is 0.333 e. The molecule has 34 heavy (non-hydrogen) atoms. The molecule has 0 saturated carbocycles. The van der Waals surface area contributed by atoms with Gasteiger partial charge in [-0.15, -0.1) is 0 Å². The van der Waals surface area contributed by atoms with E-state index >= 15 is 0 Å². The summed E-state index contributed by atoms with van der Waals surface area (Å²) in [7, 11) is 1.79. The summed E-state index contributed by atoms with van der Waals surface area (Å²) in [6.07, 6.45) is -1.92. The average molecular weight is 470 g/mol. The van der Waals surface area contributed by atoms with E-state index in [2.05, 4.69) is 5.10 Å². The van der Waals surface area contributed by atoms with E-state index in [1.807, 2.05) is 31.2 Å². The normalized spacial score (nSPS) is 22.1. The van der Waals surface area contributed by atoms with Gasteiger partial charge in [-0.3, -0.25) is 28.2 Å². The quantitative estimate of drug-likeness (QED) is 0.491. The van der Waals surface area contributed by atoms with Crippen molar-refractivity contribution in [1.29, 1.82) is 0 Å². The van der Waals surface area contributed by atoms with Crippen LogP contribution >= 0.6 is 0 Å². The molecule has 1 aliphatic rings. The molecule has 0 radical (unpaired) electrons. The van der Waals surface area contributed by atoms with Crippen molar-refractivity contribution in [3.63, 3.8) is 0 Å². The predicted octanol–water partition coefficient (Wildman–Crippen LogP) is 1.12. The SMILES string of the molecule is CC[C@H]1O[C@@H](n2ccc(=O)n(Cc3nn(C)c4ccccc34)c2=O)[C@@H](OC(C)=O)C1OC(C)=O. The number of benzene rings is 1. The second-order valence-corrected chi connectivity index (χ2v) is 8.14. The molecule has 11 nitrogen and oxygen atoms in total. The molecule has 4 atom stereocenters. The summed E-state index contributed by atoms with van der Waals surface area (Å²) < 4.78 is 20.7. The first-order valence-corrected chi connectivity index (χ1v) is 10.9. The molecule has 11 heteroatoms. The predicted molar refractivity (Wildman–Crippen MR) is 120 cm³/mol. The molecular weight excluding hydrogens is 444 g/mol. The summed E-state index contributed by atoms with van der Waals surface area (Å²) in [5.74, 6) is -1.18. The highest BCUT2D eigenvalue weighted by Gasteiger charge is 2.49. The van der Waals surface area contributed by atoms with Crippen molar-refractivity contribution in [3.05, 3.63) is 63.1 Å². The molecule has 2 aromatic heterocycles. The number of aromatic nitrogens is 4. The van der Waals surface area contributed by atoms with Crippen molar-refractivity contribution >= 4 is 22.8 Å². The maximum atomic E-state index is 13.4. The van der Waals surface area contributed by atoms with Gasteiger partial charge in [0.2, 0.25) is 0 Å². The van der Waals surface area contributed by atoms with Crippen LogP contribution in [0, 0.1) is 0 Å². The van der Waals surface area contributed by atoms with Crippen molar-refractivity contribution in [1.82, 2.24) is 18.9 Å². The first-order chi connectivity index (χ1) is 16.2. The van der Waals surface area contributed by atoms with Crippen LogP contribution in [0.1, 0.15) is 39.1 Å². The second kappa shape index (κ2) is 9.26. The van der Waals surface area contributed by atoms with Crippen LogP contribution in [0.15, 0.2) is 46.1 Å². The first kappa shape index (κ1) is 23.4. The van der Waals surface area contributed by atoms with Gasteiger partial charge in [-0.05, 0) is 12.5 Å². The lowest BCUT2D eigenvalue weighted by Gasteiger charge is -2.24. The van der Waals surface area contributed by atoms with E-state index in [4.69, 9.17) is 14.2 Å². The zero-order chi connectivity index (χ0) is 24.6. The van der Waals surface area contributed by atoms with E-state index in [0.29, 0.717) is 12.1 Å². The molecule has 1 aliphatic heterocycles. The lowest BCUT2D eigenvalue weighted by molar-refractivity contribution is -0.165. The van der Waals surface area contributed by atoms with Gasteiger partial charge < -0.3 is 14.2 Å². The zero-order valence-corrected chi connectivity index (χ0v) is 19.3. The molecule has 0 spiro atoms. The van der Waals surface area contributed by atoms with Crippen LogP contribution in [0.3, 0.4) is 0 Å². The largest absolute Gasteiger partial charge is 0.456 e. The van der Waals surface area contributed by atoms with Crippen LogP contribution in [-0.2, 0) is 37.4 Å². The van der Waals surface area contributed by atoms with E-state index in [1.54, 1.807) is 11.7 Å². The molecule has 1 unspecified atom stereocenters. The van der Waals surface area contributed by atoms with Crippen molar-refractivity contribution < 1.29 is 23.8 Å². The minimum atomic E-state index is -1.09. The number of rotatable bonds is 6. The fourth-order valence-corrected chi connectivity index (χ4v) is 4.34. The highest BCUT2D eigenvalue weighted by atomic mass is 16.6. The van der Waals surface area contributed by atoms with Crippen molar-refractivity contribution in [2.75, 3.05) is 0 Å². The molecule has 0 bridgehead atoms. The maximum absolute atomic E-state index is 13.4. The summed E-state index contributed by atoms with van der Waals surface area (Å²) in [5.41, 5.74) is 0.248. The van der Waals surface area contributed by atoms with E-state index < -0.39 is 47.7 Å². The number of nitrogens with zero attached hydrogens (tertiary/aromatic N) is 4. The molecule has 4 rings (SSSR count). The van der Waals surface area contributed by atoms with Gasteiger partial charge in [-0.25, -0.2) is 4.79 Å². The van der Waals surface area contributed by atoms with Gasteiger partial charge in [0.1, 0.15) is 6.10 Å². The summed E-state index contributed by atoms with van der Waals surface area (Å²) in [4.78, 5) is 49.6. The molecule has 1 fully saturated rings. The van der Waals surface area contributed by atoms with Crippen LogP contribution in [0.25, 0.3) is 10.9 Å². The van der Waals surface area contributed by atoms with Crippen LogP contribution < -0.4 is 11.2 Å². The number of aryl methyl sites for hydroxylation is 1. The summed E-state index contributed by atoms with van der Waals surface area (Å²) in [6.45, 7) is 4.23. The minimum Gasteiger partial charge on any atom is -0.456 e. The van der Waals surface area contributed by atoms with E-state index in [-0.39, 0.29) is 6.54 Å². The van der Waals surface area contributed by atoms with Crippen LogP contribution in [-0.4, -0.2) is 49.2 Å². The summed E-state index contributed by atoms with van der Waals surface area (Å²) in [5, 5.41) is 5.29. The van der Waals surface area contributed by atoms with E-state index in [1.165, 1.54) is 30.7 Å². The smallest absolute Gasteiger partial charge is 0.333 e. The highest BCUT2D eigenvalue weighted by molar-refractivity contribution is 5.81. The van der Waals surface area contributed by atoms with Gasteiger partial charge >= 0.3 is 17.6 Å². The lowest BCUT2D eigenvalue weighted by Crippen LogP contribution is -2.45. The number of para-hydroxylation sites is 1. The van der Waals surface area contributed by atoms with Crippen molar-refractivity contribution in [3.8, 4) is 0 Å². The lowest BCUT2D eigenvalue weighted by atomic mass is 10.1. The molecule has 180 valence electrons. The zero-order valence-electron chi connectivity index (χ0n) is 19.3. The fourth-order valence-electron chi connectivity index (χ4n) is 4.34. The van der Waals surface area contributed by atoms with Gasteiger partial charge in [0.05, 0.1) is 17.8 Å². The van der Waals surface area contributed by atoms with Gasteiger partial charge in [-0.1, -0.05) is 25.1 Å². The Labute approximate surface area is 194 Å². The van der Waals surface area contributed by atoms with Crippen LogP contribution in [0.4, 0.5) is 0 Å². The topological polar surface area (TPSA) is 124 Å². The molecule has 3 aromatic rings. The van der Waals surface area contributed by atoms with Crippen LogP contribution in [0.2, 0.25) is 0 Å². The van der Waals surface area contributed by atoms with Crippen molar-refractivity contribution in [2.45, 2.75) is 58.3 Å². The van der Waals surface area contributed by atoms with Crippen LogP contribution in [0.5, 0.6) is 0 Å². The Morgan fingerprint density at radius 3 is 2.41 bits per heavy atom. The van der Waals surface area contributed by atoms with Gasteiger partial charge in [0, 0.05) is 38.5 Å². The Morgan fingerprint density at radius 1 is 1.06 bits per heavy atom. The highest BCUT2D eigenvalue weighted by Crippen LogP contribution is 2.34. The minimum absolute atomic E-state index is 0.0601. The molecule has 1 saturated heterocycles. The standard InChI is InChI=1S/C23H26N4O7/c1-5-18-20(32-13(2)28)21(33-14(3)29)22(34-18)26-11-10-19(30)27(23(26)31)12-16-15-8-6-7-9-17(15)25(4)24-16/h6-11,18,20-22H,5,12H2,1-4H3/t18-,20?,21+,22-/m1/s1. The molecule has 1 aromatic carbocycles. The number of fused-ring (bicyclic) bond motifs is 1. The van der Waals surface area contributed by atoms with Gasteiger partial charge in [0.15, 0.2) is 18.4 Å². The van der Waals surface area contributed by atoms with Crippen molar-refractivity contribution in [2.24, 2.45) is 7.05 Å². The molecule has 3 heterocycles. The first-order valence-electron chi connectivity index (χ1n) is 10.9. The average Bonchev–Trinajstić information content (AvgIpc) is 3.28. The Hall–Kier alpha value is -3.73. The Morgan fingerprint density at radius 2 is 1.74 bits per heavy atom. The molecular formula is C23H26N4O7. The number of ether oxygens (including phenoxy) is 3. The van der Waals surface area contributed by atoms with E-state index in [9.17, 15) is 19.2 Å². The molecule has 0 N–H and O–H groups in total. The summed E-state index contributed by atoms with van der Waals surface area (Å²) in [6, 6.07) is 8.74. The van der Waals surface area contributed by atoms with E-state index in [0.717, 1.165) is 15.5 Å². The number of esters is 2. The van der Waals surface area contributed by atoms with Gasteiger partial charge in [-0.2, -0.15) is 5.10 Å². The number of carbonyl (C=O) groups excluding carboxylic acids is 2. The second-order valence-electron chi connectivity index (χ2n) is 8.14. The Bertz CT molecular complexity index is 1360. The molecule has 0 amide bonds. The number of hydrogen-bond acceptors (Lipinski definition) is 8. The third-order valence-electron chi connectivity index (χ3n) is 5.80. The molecule has 0 aliphatic carbocycles. The third kappa shape index (κ3) is 4.26.